The first-order valence-corrected chi connectivity index (χ1v) is 15.2. The van der Waals surface area contributed by atoms with Gasteiger partial charge in [0.1, 0.15) is 18.3 Å². The first-order valence-electron chi connectivity index (χ1n) is 13.4. The Labute approximate surface area is 248 Å². The lowest BCUT2D eigenvalue weighted by Crippen LogP contribution is -2.51. The standard InChI is InChI=1S/C31H38ClN3O5S/c1-21(2)18-33-31(37)24(5)34(19-25-9-7-8-10-27(25)32)30(36)20-35(28-17-23(4)13-16-29(28)40-6)41(38,39)26-14-11-22(3)12-15-26/h7-17,21,24H,18-20H2,1-6H3,(H,33,37)/t24-/m0/s1. The molecule has 41 heavy (non-hydrogen) atoms. The predicted octanol–water partition coefficient (Wildman–Crippen LogP) is 5.35. The summed E-state index contributed by atoms with van der Waals surface area (Å²) in [4.78, 5) is 28.6. The van der Waals surface area contributed by atoms with Crippen LogP contribution in [0.3, 0.4) is 0 Å². The largest absolute Gasteiger partial charge is 0.495 e. The molecule has 0 aliphatic heterocycles. The molecule has 0 aliphatic rings. The summed E-state index contributed by atoms with van der Waals surface area (Å²) in [7, 11) is -2.78. The maximum absolute atomic E-state index is 14.1. The van der Waals surface area contributed by atoms with E-state index in [9.17, 15) is 18.0 Å². The number of anilines is 1. The molecule has 2 amide bonds. The zero-order valence-corrected chi connectivity index (χ0v) is 25.9. The second-order valence-corrected chi connectivity index (χ2v) is 12.7. The average molecular weight is 600 g/mol. The van der Waals surface area contributed by atoms with Crippen molar-refractivity contribution in [2.45, 2.75) is 52.1 Å². The number of rotatable bonds is 12. The molecule has 3 rings (SSSR count). The van der Waals surface area contributed by atoms with Gasteiger partial charge >= 0.3 is 0 Å². The summed E-state index contributed by atoms with van der Waals surface area (Å²) in [5.41, 5.74) is 2.53. The van der Waals surface area contributed by atoms with Crippen LogP contribution in [0.2, 0.25) is 5.02 Å². The van der Waals surface area contributed by atoms with Gasteiger partial charge in [-0.25, -0.2) is 8.42 Å². The topological polar surface area (TPSA) is 96.0 Å². The highest BCUT2D eigenvalue weighted by Crippen LogP contribution is 2.34. The fourth-order valence-corrected chi connectivity index (χ4v) is 5.80. The van der Waals surface area contributed by atoms with Crippen LogP contribution in [-0.2, 0) is 26.2 Å². The van der Waals surface area contributed by atoms with Crippen molar-refractivity contribution in [3.63, 3.8) is 0 Å². The minimum Gasteiger partial charge on any atom is -0.495 e. The lowest BCUT2D eigenvalue weighted by Gasteiger charge is -2.32. The molecule has 0 heterocycles. The minimum absolute atomic E-state index is 0.0120. The molecule has 3 aromatic rings. The van der Waals surface area contributed by atoms with Gasteiger partial charge in [0.25, 0.3) is 10.0 Å². The van der Waals surface area contributed by atoms with Crippen molar-refractivity contribution < 1.29 is 22.7 Å². The van der Waals surface area contributed by atoms with Crippen LogP contribution >= 0.6 is 11.6 Å². The summed E-state index contributed by atoms with van der Waals surface area (Å²) < 4.78 is 34.7. The second-order valence-electron chi connectivity index (χ2n) is 10.4. The molecule has 10 heteroatoms. The molecule has 0 aliphatic carbocycles. The smallest absolute Gasteiger partial charge is 0.264 e. The van der Waals surface area contributed by atoms with Gasteiger partial charge in [-0.2, -0.15) is 0 Å². The Morgan fingerprint density at radius 2 is 1.59 bits per heavy atom. The zero-order valence-electron chi connectivity index (χ0n) is 24.3. The molecule has 0 spiro atoms. The van der Waals surface area contributed by atoms with Crippen molar-refractivity contribution in [2.75, 3.05) is 24.5 Å². The van der Waals surface area contributed by atoms with Crippen molar-refractivity contribution in [3.05, 3.63) is 88.4 Å². The third-order valence-electron chi connectivity index (χ3n) is 6.64. The number of benzene rings is 3. The Hall–Kier alpha value is -3.56. The molecule has 220 valence electrons. The van der Waals surface area contributed by atoms with E-state index in [1.807, 2.05) is 27.7 Å². The van der Waals surface area contributed by atoms with E-state index in [4.69, 9.17) is 16.3 Å². The van der Waals surface area contributed by atoms with E-state index in [2.05, 4.69) is 5.32 Å². The second kappa shape index (κ2) is 13.9. The molecule has 0 radical (unpaired) electrons. The van der Waals surface area contributed by atoms with Gasteiger partial charge in [0.05, 0.1) is 17.7 Å². The number of ether oxygens (including phenoxy) is 1. The van der Waals surface area contributed by atoms with Crippen molar-refractivity contribution in [1.29, 1.82) is 0 Å². The number of nitrogens with one attached hydrogen (secondary N) is 1. The molecule has 0 bridgehead atoms. The summed E-state index contributed by atoms with van der Waals surface area (Å²) in [6, 6.07) is 17.7. The normalized spacial score (nSPS) is 12.1. The molecule has 0 aromatic heterocycles. The third-order valence-corrected chi connectivity index (χ3v) is 8.78. The van der Waals surface area contributed by atoms with Gasteiger partial charge in [0.2, 0.25) is 11.8 Å². The number of nitrogens with zero attached hydrogens (tertiary/aromatic N) is 2. The molecule has 0 fully saturated rings. The molecule has 8 nitrogen and oxygen atoms in total. The molecule has 0 saturated heterocycles. The molecular formula is C31H38ClN3O5S. The number of hydrogen-bond acceptors (Lipinski definition) is 5. The highest BCUT2D eigenvalue weighted by molar-refractivity contribution is 7.92. The molecule has 1 atom stereocenters. The quantitative estimate of drug-likeness (QED) is 0.303. The summed E-state index contributed by atoms with van der Waals surface area (Å²) in [5, 5.41) is 3.31. The number of carbonyl (C=O) groups excluding carboxylic acids is 2. The molecule has 1 N–H and O–H groups in total. The van der Waals surface area contributed by atoms with E-state index < -0.39 is 28.5 Å². The Morgan fingerprint density at radius 3 is 2.20 bits per heavy atom. The highest BCUT2D eigenvalue weighted by atomic mass is 35.5. The van der Waals surface area contributed by atoms with E-state index >= 15 is 0 Å². The van der Waals surface area contributed by atoms with Gasteiger partial charge in [-0.3, -0.25) is 13.9 Å². The van der Waals surface area contributed by atoms with Gasteiger partial charge in [0, 0.05) is 18.1 Å². The Balaban J connectivity index is 2.09. The van der Waals surface area contributed by atoms with Crippen LogP contribution in [0.25, 0.3) is 0 Å². The molecule has 0 unspecified atom stereocenters. The lowest BCUT2D eigenvalue weighted by molar-refractivity contribution is -0.139. The van der Waals surface area contributed by atoms with E-state index in [1.165, 1.54) is 24.1 Å². The summed E-state index contributed by atoms with van der Waals surface area (Å²) in [6.45, 7) is 9.13. The van der Waals surface area contributed by atoms with Crippen LogP contribution < -0.4 is 14.4 Å². The number of halogens is 1. The average Bonchev–Trinajstić information content (AvgIpc) is 2.93. The van der Waals surface area contributed by atoms with Crippen LogP contribution in [0.1, 0.15) is 37.5 Å². The van der Waals surface area contributed by atoms with Gasteiger partial charge in [-0.15, -0.1) is 0 Å². The van der Waals surface area contributed by atoms with E-state index in [0.717, 1.165) is 15.4 Å². The van der Waals surface area contributed by atoms with Crippen molar-refractivity contribution in [1.82, 2.24) is 10.2 Å². The van der Waals surface area contributed by atoms with Gasteiger partial charge in [-0.1, -0.05) is 67.4 Å². The maximum Gasteiger partial charge on any atom is 0.264 e. The van der Waals surface area contributed by atoms with Crippen molar-refractivity contribution >= 4 is 39.1 Å². The highest BCUT2D eigenvalue weighted by Gasteiger charge is 2.34. The third kappa shape index (κ3) is 8.01. The van der Waals surface area contributed by atoms with E-state index in [-0.39, 0.29) is 29.0 Å². The number of sulfonamides is 1. The van der Waals surface area contributed by atoms with Crippen LogP contribution in [0, 0.1) is 19.8 Å². The lowest BCUT2D eigenvalue weighted by atomic mass is 10.1. The van der Waals surface area contributed by atoms with Crippen LogP contribution in [0.15, 0.2) is 71.6 Å². The number of methoxy groups -OCH3 is 1. The van der Waals surface area contributed by atoms with Crippen LogP contribution in [0.5, 0.6) is 5.75 Å². The SMILES string of the molecule is COc1ccc(C)cc1N(CC(=O)N(Cc1ccccc1Cl)[C@@H](C)C(=O)NCC(C)C)S(=O)(=O)c1ccc(C)cc1. The van der Waals surface area contributed by atoms with Gasteiger partial charge < -0.3 is 15.0 Å². The number of aryl methyl sites for hydroxylation is 2. The Morgan fingerprint density at radius 1 is 0.951 bits per heavy atom. The Kier molecular flexibility index (Phi) is 10.8. The Bertz CT molecular complexity index is 1480. The summed E-state index contributed by atoms with van der Waals surface area (Å²) >= 11 is 6.42. The number of carbonyl (C=O) groups is 2. The first kappa shape index (κ1) is 32.0. The van der Waals surface area contributed by atoms with E-state index in [1.54, 1.807) is 61.5 Å². The molecule has 0 saturated carbocycles. The minimum atomic E-state index is -4.22. The van der Waals surface area contributed by atoms with E-state index in [0.29, 0.717) is 22.9 Å². The van der Waals surface area contributed by atoms with Crippen molar-refractivity contribution in [2.24, 2.45) is 5.92 Å². The van der Waals surface area contributed by atoms with Gasteiger partial charge in [0.15, 0.2) is 0 Å². The van der Waals surface area contributed by atoms with Crippen LogP contribution in [0.4, 0.5) is 5.69 Å². The zero-order chi connectivity index (χ0) is 30.3. The monoisotopic (exact) mass is 599 g/mol. The number of amides is 2. The molecule has 3 aromatic carbocycles. The first-order chi connectivity index (χ1) is 19.3. The molecular weight excluding hydrogens is 562 g/mol. The van der Waals surface area contributed by atoms with Crippen LogP contribution in [-0.4, -0.2) is 51.4 Å². The predicted molar refractivity (Wildman–Crippen MR) is 163 cm³/mol. The van der Waals surface area contributed by atoms with Gasteiger partial charge in [-0.05, 0) is 68.1 Å². The summed E-state index contributed by atoms with van der Waals surface area (Å²) in [6.07, 6.45) is 0. The maximum atomic E-state index is 14.1. The fourth-order valence-electron chi connectivity index (χ4n) is 4.19. The number of hydrogen-bond donors (Lipinski definition) is 1. The van der Waals surface area contributed by atoms with Crippen molar-refractivity contribution in [3.8, 4) is 5.75 Å². The fraction of sp³-hybridized carbons (Fsp3) is 0.355. The summed E-state index contributed by atoms with van der Waals surface area (Å²) in [5.74, 6) is -0.418.